The molecule has 4 heterocycles. The second-order valence-corrected chi connectivity index (χ2v) is 16.7. The maximum atomic E-state index is 5.18. The molecule has 0 aliphatic carbocycles. The highest BCUT2D eigenvalue weighted by Crippen LogP contribution is 2.51. The van der Waals surface area contributed by atoms with Crippen LogP contribution in [0.4, 0.5) is 0 Å². The second kappa shape index (κ2) is 13.4. The summed E-state index contributed by atoms with van der Waals surface area (Å²) in [6, 6.07) is 71.5. The summed E-state index contributed by atoms with van der Waals surface area (Å²) < 4.78 is 4.66. The fourth-order valence-corrected chi connectivity index (χ4v) is 10.6. The van der Waals surface area contributed by atoms with Crippen molar-refractivity contribution in [2.45, 2.75) is 9.79 Å². The summed E-state index contributed by atoms with van der Waals surface area (Å²) >= 11 is 1.88. The zero-order chi connectivity index (χ0) is 40.0. The van der Waals surface area contributed by atoms with E-state index in [0.29, 0.717) is 17.6 Å². The van der Waals surface area contributed by atoms with Crippen LogP contribution in [-0.4, -0.2) is 24.1 Å². The van der Waals surface area contributed by atoms with Crippen LogP contribution in [0.25, 0.3) is 111 Å². The first-order valence-corrected chi connectivity index (χ1v) is 21.3. The van der Waals surface area contributed by atoms with Crippen molar-refractivity contribution in [1.82, 2.24) is 24.1 Å². The average molecular weight is 796 g/mol. The number of rotatable bonds is 5. The lowest BCUT2D eigenvalue weighted by atomic mass is 9.94. The Bertz CT molecular complexity index is 3660. The molecule has 13 rings (SSSR count). The van der Waals surface area contributed by atoms with Crippen LogP contribution in [-0.2, 0) is 0 Å². The van der Waals surface area contributed by atoms with Gasteiger partial charge in [-0.25, -0.2) is 4.98 Å². The third-order valence-electron chi connectivity index (χ3n) is 12.2. The van der Waals surface area contributed by atoms with E-state index in [1.165, 1.54) is 53.5 Å². The first-order chi connectivity index (χ1) is 30.2. The van der Waals surface area contributed by atoms with Crippen LogP contribution in [0.15, 0.2) is 210 Å². The van der Waals surface area contributed by atoms with Gasteiger partial charge in [0.15, 0.2) is 11.6 Å². The van der Waals surface area contributed by atoms with E-state index in [0.717, 1.165) is 49.7 Å². The lowest BCUT2D eigenvalue weighted by Gasteiger charge is -2.21. The Morgan fingerprint density at radius 3 is 1.64 bits per heavy atom. The van der Waals surface area contributed by atoms with Crippen molar-refractivity contribution < 1.29 is 0 Å². The van der Waals surface area contributed by atoms with Crippen LogP contribution in [0.2, 0.25) is 0 Å². The highest BCUT2D eigenvalue weighted by atomic mass is 32.2. The predicted octanol–water partition coefficient (Wildman–Crippen LogP) is 14.4. The van der Waals surface area contributed by atoms with E-state index < -0.39 is 0 Å². The number of benzene rings is 9. The lowest BCUT2D eigenvalue weighted by molar-refractivity contribution is 0.953. The Morgan fingerprint density at radius 2 is 0.902 bits per heavy atom. The molecule has 0 radical (unpaired) electrons. The van der Waals surface area contributed by atoms with Crippen molar-refractivity contribution in [3.05, 3.63) is 200 Å². The van der Waals surface area contributed by atoms with Gasteiger partial charge in [0.05, 0.1) is 22.1 Å². The number of para-hydroxylation sites is 2. The molecule has 9 aromatic carbocycles. The molecule has 3 aromatic heterocycles. The molecule has 5 nitrogen and oxygen atoms in total. The molecule has 0 fully saturated rings. The number of fused-ring (bicyclic) bond motifs is 9. The topological polar surface area (TPSA) is 48.5 Å². The van der Waals surface area contributed by atoms with E-state index in [1.807, 2.05) is 48.2 Å². The summed E-state index contributed by atoms with van der Waals surface area (Å²) in [5, 5.41) is 7.41. The molecule has 284 valence electrons. The maximum Gasteiger partial charge on any atom is 0.238 e. The Balaban J connectivity index is 1.05. The van der Waals surface area contributed by atoms with Gasteiger partial charge >= 0.3 is 0 Å². The molecule has 1 aliphatic rings. The standard InChI is InChI=1S/C55H33N5S/c1-4-15-34(16-5-1)53-56-54(35-17-6-2-7-18-35)58-55(57-53)60-45-25-12-10-21-39(45)40-29-27-36(31-46(40)60)37-28-30-43-47(32-37)59(38-19-8-3-9-20-38)48-33-50-52-42(23-14-24-44(52)51(43)48)41-22-11-13-26-49(41)61-50/h1-33H. The number of nitrogens with zero attached hydrogens (tertiary/aromatic N) is 5. The normalized spacial score (nSPS) is 12.2. The smallest absolute Gasteiger partial charge is 0.238 e. The van der Waals surface area contributed by atoms with Gasteiger partial charge in [-0.2, -0.15) is 9.97 Å². The molecule has 0 unspecified atom stereocenters. The molecular weight excluding hydrogens is 763 g/mol. The Morgan fingerprint density at radius 1 is 0.328 bits per heavy atom. The van der Waals surface area contributed by atoms with Gasteiger partial charge in [0.2, 0.25) is 5.95 Å². The summed E-state index contributed by atoms with van der Waals surface area (Å²) in [4.78, 5) is 18.0. The molecule has 0 N–H and O–H groups in total. The van der Waals surface area contributed by atoms with Gasteiger partial charge in [-0.3, -0.25) is 4.57 Å². The van der Waals surface area contributed by atoms with Gasteiger partial charge in [-0.1, -0.05) is 169 Å². The minimum Gasteiger partial charge on any atom is -0.309 e. The van der Waals surface area contributed by atoms with Gasteiger partial charge in [0, 0.05) is 53.5 Å². The van der Waals surface area contributed by atoms with Gasteiger partial charge in [-0.05, 0) is 70.1 Å². The molecule has 0 bridgehead atoms. The number of hydrogen-bond acceptors (Lipinski definition) is 4. The van der Waals surface area contributed by atoms with Crippen molar-refractivity contribution in [2.24, 2.45) is 0 Å². The van der Waals surface area contributed by atoms with Gasteiger partial charge in [-0.15, -0.1) is 0 Å². The molecular formula is C55H33N5S. The Labute approximate surface area is 355 Å². The largest absolute Gasteiger partial charge is 0.309 e. The fourth-order valence-electron chi connectivity index (χ4n) is 9.45. The first-order valence-electron chi connectivity index (χ1n) is 20.5. The van der Waals surface area contributed by atoms with Crippen LogP contribution in [0.5, 0.6) is 0 Å². The third kappa shape index (κ3) is 5.26. The molecule has 0 spiro atoms. The van der Waals surface area contributed by atoms with Gasteiger partial charge in [0.25, 0.3) is 0 Å². The average Bonchev–Trinajstić information content (AvgIpc) is 3.84. The quantitative estimate of drug-likeness (QED) is 0.174. The molecule has 6 heteroatoms. The second-order valence-electron chi connectivity index (χ2n) is 15.6. The maximum absolute atomic E-state index is 5.18. The molecule has 0 saturated heterocycles. The van der Waals surface area contributed by atoms with Crippen molar-refractivity contribution in [1.29, 1.82) is 0 Å². The van der Waals surface area contributed by atoms with E-state index in [4.69, 9.17) is 15.0 Å². The zero-order valence-corrected chi connectivity index (χ0v) is 33.5. The molecule has 61 heavy (non-hydrogen) atoms. The monoisotopic (exact) mass is 795 g/mol. The van der Waals surface area contributed by atoms with E-state index in [9.17, 15) is 0 Å². The van der Waals surface area contributed by atoms with Gasteiger partial charge < -0.3 is 4.57 Å². The zero-order valence-electron chi connectivity index (χ0n) is 32.7. The van der Waals surface area contributed by atoms with Crippen LogP contribution < -0.4 is 0 Å². The van der Waals surface area contributed by atoms with E-state index in [-0.39, 0.29) is 0 Å². The summed E-state index contributed by atoms with van der Waals surface area (Å²) in [6.45, 7) is 0. The molecule has 0 atom stereocenters. The van der Waals surface area contributed by atoms with Crippen molar-refractivity contribution >= 4 is 66.1 Å². The van der Waals surface area contributed by atoms with Crippen molar-refractivity contribution in [3.8, 4) is 56.7 Å². The molecule has 0 amide bonds. The highest BCUT2D eigenvalue weighted by molar-refractivity contribution is 7.99. The molecule has 12 aromatic rings. The number of hydrogen-bond donors (Lipinski definition) is 0. The van der Waals surface area contributed by atoms with E-state index in [1.54, 1.807) is 0 Å². The van der Waals surface area contributed by atoms with E-state index >= 15 is 0 Å². The summed E-state index contributed by atoms with van der Waals surface area (Å²) in [7, 11) is 0. The van der Waals surface area contributed by atoms with Gasteiger partial charge in [0.1, 0.15) is 0 Å². The first kappa shape index (κ1) is 34.1. The van der Waals surface area contributed by atoms with Crippen LogP contribution >= 0.6 is 11.8 Å². The minimum atomic E-state index is 0.579. The summed E-state index contributed by atoms with van der Waals surface area (Å²) in [6.07, 6.45) is 0. The van der Waals surface area contributed by atoms with E-state index in [2.05, 4.69) is 173 Å². The van der Waals surface area contributed by atoms with Crippen LogP contribution in [0, 0.1) is 0 Å². The van der Waals surface area contributed by atoms with Crippen molar-refractivity contribution in [3.63, 3.8) is 0 Å². The van der Waals surface area contributed by atoms with Crippen molar-refractivity contribution in [2.75, 3.05) is 0 Å². The minimum absolute atomic E-state index is 0.579. The molecule has 0 saturated carbocycles. The molecule has 1 aliphatic heterocycles. The Hall–Kier alpha value is -7.80. The predicted molar refractivity (Wildman–Crippen MR) is 252 cm³/mol. The summed E-state index contributed by atoms with van der Waals surface area (Å²) in [5.41, 5.74) is 12.3. The fraction of sp³-hybridized carbons (Fsp3) is 0. The third-order valence-corrected chi connectivity index (χ3v) is 13.3. The SMILES string of the molecule is c1ccc(-c2nc(-c3ccccc3)nc(-n3c4ccccc4c4ccc(-c5ccc6c7c8cccc9c8c(cc7n(-c7ccccc7)c6c5)Sc5ccccc5-9)cc43)n2)cc1. The number of aromatic nitrogens is 5. The van der Waals surface area contributed by atoms with Crippen LogP contribution in [0.3, 0.4) is 0 Å². The Kier molecular flexibility index (Phi) is 7.47. The summed E-state index contributed by atoms with van der Waals surface area (Å²) in [5.74, 6) is 1.84. The van der Waals surface area contributed by atoms with Crippen LogP contribution in [0.1, 0.15) is 0 Å². The highest BCUT2D eigenvalue weighted by Gasteiger charge is 2.25. The lowest BCUT2D eigenvalue weighted by Crippen LogP contribution is -2.06.